The molecule has 2 aromatic heterocycles. The fourth-order valence-corrected chi connectivity index (χ4v) is 2.81. The Kier molecular flexibility index (Phi) is 3.60. The summed E-state index contributed by atoms with van der Waals surface area (Å²) in [5, 5.41) is 4.28. The van der Waals surface area contributed by atoms with Crippen molar-refractivity contribution < 1.29 is 0 Å². The van der Waals surface area contributed by atoms with Crippen LogP contribution >= 0.6 is 0 Å². The molecule has 0 aliphatic heterocycles. The van der Waals surface area contributed by atoms with E-state index in [9.17, 15) is 0 Å². The Hall–Kier alpha value is -2.36. The molecule has 3 aromatic rings. The van der Waals surface area contributed by atoms with Crippen LogP contribution in [-0.4, -0.2) is 19.7 Å². The zero-order valence-corrected chi connectivity index (χ0v) is 12.7. The summed E-state index contributed by atoms with van der Waals surface area (Å²) in [7, 11) is 1.99. The Bertz CT molecular complexity index is 725. The zero-order chi connectivity index (χ0) is 14.8. The number of hydrogen-bond donors (Lipinski definition) is 1. The maximum absolute atomic E-state index is 4.28. The van der Waals surface area contributed by atoms with Crippen molar-refractivity contribution >= 4 is 0 Å². The molecule has 2 heterocycles. The first kappa shape index (κ1) is 13.6. The summed E-state index contributed by atoms with van der Waals surface area (Å²) >= 11 is 0. The SMILES string of the molecule is Cc1cccc(C(Cc2ccnn2C)c2cnc[nH]2)c1C. The van der Waals surface area contributed by atoms with Gasteiger partial charge in [-0.05, 0) is 36.6 Å². The molecule has 4 nitrogen and oxygen atoms in total. The van der Waals surface area contributed by atoms with Crippen LogP contribution in [0.15, 0.2) is 43.0 Å². The number of imidazole rings is 1. The summed E-state index contributed by atoms with van der Waals surface area (Å²) in [5.41, 5.74) is 6.38. The van der Waals surface area contributed by atoms with Gasteiger partial charge in [-0.25, -0.2) is 4.98 Å². The topological polar surface area (TPSA) is 46.5 Å². The minimum Gasteiger partial charge on any atom is -0.348 e. The van der Waals surface area contributed by atoms with Crippen LogP contribution in [0.5, 0.6) is 0 Å². The lowest BCUT2D eigenvalue weighted by atomic mass is 9.87. The second-order valence-electron chi connectivity index (χ2n) is 5.50. The van der Waals surface area contributed by atoms with Crippen LogP contribution in [0, 0.1) is 13.8 Å². The van der Waals surface area contributed by atoms with Crippen LogP contribution < -0.4 is 0 Å². The van der Waals surface area contributed by atoms with E-state index in [0.29, 0.717) is 0 Å². The predicted molar refractivity (Wildman–Crippen MR) is 83.3 cm³/mol. The van der Waals surface area contributed by atoms with Crippen molar-refractivity contribution in [3.63, 3.8) is 0 Å². The number of benzene rings is 1. The Morgan fingerprint density at radius 1 is 1.24 bits per heavy atom. The maximum Gasteiger partial charge on any atom is 0.0921 e. The van der Waals surface area contributed by atoms with E-state index in [0.717, 1.165) is 12.1 Å². The molecule has 0 saturated heterocycles. The molecule has 108 valence electrons. The first-order valence-corrected chi connectivity index (χ1v) is 7.18. The number of nitrogens with one attached hydrogen (secondary N) is 1. The van der Waals surface area contributed by atoms with Gasteiger partial charge in [0.15, 0.2) is 0 Å². The van der Waals surface area contributed by atoms with Crippen molar-refractivity contribution in [1.29, 1.82) is 0 Å². The minimum absolute atomic E-state index is 0.266. The Balaban J connectivity index is 2.05. The highest BCUT2D eigenvalue weighted by atomic mass is 15.2. The van der Waals surface area contributed by atoms with E-state index < -0.39 is 0 Å². The van der Waals surface area contributed by atoms with E-state index in [1.807, 2.05) is 24.1 Å². The molecule has 0 amide bonds. The first-order chi connectivity index (χ1) is 10.2. The molecule has 3 rings (SSSR count). The zero-order valence-electron chi connectivity index (χ0n) is 12.7. The van der Waals surface area contributed by atoms with Gasteiger partial charge >= 0.3 is 0 Å². The van der Waals surface area contributed by atoms with E-state index in [1.165, 1.54) is 22.4 Å². The number of aromatic amines is 1. The van der Waals surface area contributed by atoms with Crippen molar-refractivity contribution in [2.45, 2.75) is 26.2 Å². The molecular weight excluding hydrogens is 260 g/mol. The predicted octanol–water partition coefficient (Wildman–Crippen LogP) is 3.13. The summed E-state index contributed by atoms with van der Waals surface area (Å²) in [4.78, 5) is 7.47. The standard InChI is InChI=1S/C17H20N4/c1-12-5-4-6-15(13(12)2)16(17-10-18-11-19-17)9-14-7-8-20-21(14)3/h4-8,10-11,16H,9H2,1-3H3,(H,18,19). The quantitative estimate of drug-likeness (QED) is 0.798. The maximum atomic E-state index is 4.28. The molecular formula is C17H20N4. The second-order valence-corrected chi connectivity index (χ2v) is 5.50. The monoisotopic (exact) mass is 280 g/mol. The van der Waals surface area contributed by atoms with Gasteiger partial charge in [-0.1, -0.05) is 18.2 Å². The highest BCUT2D eigenvalue weighted by Crippen LogP contribution is 2.30. The molecule has 0 radical (unpaired) electrons. The van der Waals surface area contributed by atoms with Crippen LogP contribution in [0.4, 0.5) is 0 Å². The van der Waals surface area contributed by atoms with Gasteiger partial charge in [0.05, 0.1) is 6.33 Å². The number of H-pyrrole nitrogens is 1. The van der Waals surface area contributed by atoms with E-state index in [1.54, 1.807) is 6.33 Å². The second kappa shape index (κ2) is 5.56. The summed E-state index contributed by atoms with van der Waals surface area (Å²) < 4.78 is 1.94. The summed E-state index contributed by atoms with van der Waals surface area (Å²) in [6.45, 7) is 4.35. The molecule has 0 aliphatic carbocycles. The third-order valence-electron chi connectivity index (χ3n) is 4.25. The Morgan fingerprint density at radius 2 is 2.10 bits per heavy atom. The fraction of sp³-hybridized carbons (Fsp3) is 0.294. The first-order valence-electron chi connectivity index (χ1n) is 7.18. The van der Waals surface area contributed by atoms with E-state index in [4.69, 9.17) is 0 Å². The lowest BCUT2D eigenvalue weighted by molar-refractivity contribution is 0.665. The van der Waals surface area contributed by atoms with Gasteiger partial charge in [0.25, 0.3) is 0 Å². The number of aromatic nitrogens is 4. The molecule has 0 aliphatic rings. The van der Waals surface area contributed by atoms with Crippen molar-refractivity contribution in [2.24, 2.45) is 7.05 Å². The van der Waals surface area contributed by atoms with Gasteiger partial charge in [-0.2, -0.15) is 5.10 Å². The molecule has 1 unspecified atom stereocenters. The smallest absolute Gasteiger partial charge is 0.0921 e. The molecule has 21 heavy (non-hydrogen) atoms. The molecule has 0 bridgehead atoms. The Labute approximate surface area is 124 Å². The molecule has 1 N–H and O–H groups in total. The third kappa shape index (κ3) is 2.61. The average molecular weight is 280 g/mol. The summed E-state index contributed by atoms with van der Waals surface area (Å²) in [5.74, 6) is 0.266. The van der Waals surface area contributed by atoms with Gasteiger partial charge in [0, 0.05) is 43.2 Å². The van der Waals surface area contributed by atoms with Crippen molar-refractivity contribution in [2.75, 3.05) is 0 Å². The van der Waals surface area contributed by atoms with Crippen LogP contribution in [0.25, 0.3) is 0 Å². The minimum atomic E-state index is 0.266. The van der Waals surface area contributed by atoms with Gasteiger partial charge in [-0.3, -0.25) is 4.68 Å². The number of rotatable bonds is 4. The number of nitrogens with zero attached hydrogens (tertiary/aromatic N) is 3. The van der Waals surface area contributed by atoms with Gasteiger partial charge in [0.2, 0.25) is 0 Å². The van der Waals surface area contributed by atoms with Crippen molar-refractivity contribution in [3.8, 4) is 0 Å². The van der Waals surface area contributed by atoms with Crippen LogP contribution in [0.3, 0.4) is 0 Å². The molecule has 4 heteroatoms. The lowest BCUT2D eigenvalue weighted by Crippen LogP contribution is -2.11. The van der Waals surface area contributed by atoms with E-state index in [2.05, 4.69) is 53.2 Å². The average Bonchev–Trinajstić information content (AvgIpc) is 3.12. The van der Waals surface area contributed by atoms with Crippen LogP contribution in [0.1, 0.15) is 34.0 Å². The molecule has 0 spiro atoms. The van der Waals surface area contributed by atoms with Gasteiger partial charge in [0.1, 0.15) is 0 Å². The molecule has 1 atom stereocenters. The highest BCUT2D eigenvalue weighted by Gasteiger charge is 2.20. The van der Waals surface area contributed by atoms with E-state index >= 15 is 0 Å². The van der Waals surface area contributed by atoms with Crippen molar-refractivity contribution in [1.82, 2.24) is 19.7 Å². The van der Waals surface area contributed by atoms with Gasteiger partial charge < -0.3 is 4.98 Å². The summed E-state index contributed by atoms with van der Waals surface area (Å²) in [6.07, 6.45) is 6.42. The highest BCUT2D eigenvalue weighted by molar-refractivity contribution is 5.40. The van der Waals surface area contributed by atoms with Crippen molar-refractivity contribution in [3.05, 3.63) is 71.1 Å². The number of aryl methyl sites for hydroxylation is 2. The normalized spacial score (nSPS) is 12.5. The summed E-state index contributed by atoms with van der Waals surface area (Å²) in [6, 6.07) is 8.58. The fourth-order valence-electron chi connectivity index (χ4n) is 2.81. The number of hydrogen-bond acceptors (Lipinski definition) is 2. The van der Waals surface area contributed by atoms with Crippen LogP contribution in [-0.2, 0) is 13.5 Å². The van der Waals surface area contributed by atoms with Crippen LogP contribution in [0.2, 0.25) is 0 Å². The Morgan fingerprint density at radius 3 is 2.76 bits per heavy atom. The molecule has 1 aromatic carbocycles. The largest absolute Gasteiger partial charge is 0.348 e. The third-order valence-corrected chi connectivity index (χ3v) is 4.25. The molecule has 0 fully saturated rings. The van der Waals surface area contributed by atoms with Gasteiger partial charge in [-0.15, -0.1) is 0 Å². The van der Waals surface area contributed by atoms with E-state index in [-0.39, 0.29) is 5.92 Å². The lowest BCUT2D eigenvalue weighted by Gasteiger charge is -2.19. The molecule has 0 saturated carbocycles.